The highest BCUT2D eigenvalue weighted by molar-refractivity contribution is 5.79. The average molecular weight is 515 g/mol. The molecule has 4 heterocycles. The molecule has 0 spiro atoms. The number of nitrogens with zero attached hydrogens (tertiary/aromatic N) is 7. The first-order chi connectivity index (χ1) is 17.7. The van der Waals surface area contributed by atoms with Crippen molar-refractivity contribution in [3.8, 4) is 17.3 Å². The zero-order valence-corrected chi connectivity index (χ0v) is 20.1. The first-order valence-electron chi connectivity index (χ1n) is 11.7. The quantitative estimate of drug-likeness (QED) is 0.541. The third-order valence-corrected chi connectivity index (χ3v) is 6.32. The Morgan fingerprint density at radius 2 is 1.89 bits per heavy atom. The number of carbonyl (C=O) groups excluding carboxylic acids is 1. The van der Waals surface area contributed by atoms with Crippen LogP contribution in [-0.4, -0.2) is 72.8 Å². The van der Waals surface area contributed by atoms with Crippen LogP contribution in [0.4, 0.5) is 18.0 Å². The molecule has 2 aliphatic heterocycles. The number of ether oxygens (including phenoxy) is 1. The van der Waals surface area contributed by atoms with Crippen molar-refractivity contribution in [2.45, 2.75) is 39.0 Å². The molecular weight excluding hydrogens is 491 g/mol. The van der Waals surface area contributed by atoms with Gasteiger partial charge in [0.15, 0.2) is 5.82 Å². The largest absolute Gasteiger partial charge is 0.468 e. The standard InChI is InChI=1S/C24H24F3N7O3/c1-13-21(14(2)33(31-13)5-6-35)22-28-10-19(27)23(30-22)37-18-11-32(12-18)24(36)34-20(3-4-29-34)15-7-16(25)9-17(26)8-15/h4,7-10,18,20,35H,3,5-6,11-12H2,1-2H3/t20-/m0/s1. The number of hydrogen-bond donors (Lipinski definition) is 1. The van der Waals surface area contributed by atoms with Gasteiger partial charge in [0, 0.05) is 24.4 Å². The maximum absolute atomic E-state index is 14.5. The van der Waals surface area contributed by atoms with Gasteiger partial charge in [0.1, 0.15) is 17.7 Å². The van der Waals surface area contributed by atoms with E-state index in [-0.39, 0.29) is 31.4 Å². The molecule has 37 heavy (non-hydrogen) atoms. The normalized spacial score (nSPS) is 17.4. The fraction of sp³-hybridized carbons (Fsp3) is 0.375. The number of amides is 2. The molecular formula is C24H24F3N7O3. The number of hydrogen-bond acceptors (Lipinski definition) is 7. The van der Waals surface area contributed by atoms with Crippen molar-refractivity contribution in [1.82, 2.24) is 29.7 Å². The maximum atomic E-state index is 14.5. The summed E-state index contributed by atoms with van der Waals surface area (Å²) in [6.07, 6.45) is 2.34. The van der Waals surface area contributed by atoms with Crippen LogP contribution in [-0.2, 0) is 6.54 Å². The Kier molecular flexibility index (Phi) is 6.54. The molecule has 194 valence electrons. The fourth-order valence-corrected chi connectivity index (χ4v) is 4.50. The van der Waals surface area contributed by atoms with Crippen molar-refractivity contribution in [3.63, 3.8) is 0 Å². The monoisotopic (exact) mass is 515 g/mol. The van der Waals surface area contributed by atoms with Gasteiger partial charge in [0.25, 0.3) is 5.88 Å². The van der Waals surface area contributed by atoms with Gasteiger partial charge in [-0.25, -0.2) is 23.6 Å². The third kappa shape index (κ3) is 4.73. The van der Waals surface area contributed by atoms with Gasteiger partial charge in [0.2, 0.25) is 5.82 Å². The maximum Gasteiger partial charge on any atom is 0.341 e. The molecule has 0 aliphatic carbocycles. The number of aliphatic hydroxyl groups excluding tert-OH is 1. The number of aliphatic hydroxyl groups is 1. The van der Waals surface area contributed by atoms with Gasteiger partial charge >= 0.3 is 6.03 Å². The van der Waals surface area contributed by atoms with Crippen LogP contribution in [0.25, 0.3) is 11.4 Å². The fourth-order valence-electron chi connectivity index (χ4n) is 4.50. The molecule has 10 nitrogen and oxygen atoms in total. The van der Waals surface area contributed by atoms with Crippen LogP contribution in [0, 0.1) is 31.3 Å². The first-order valence-corrected chi connectivity index (χ1v) is 11.7. The number of urea groups is 1. The Morgan fingerprint density at radius 3 is 2.59 bits per heavy atom. The van der Waals surface area contributed by atoms with Crippen molar-refractivity contribution in [1.29, 1.82) is 0 Å². The molecule has 1 aromatic carbocycles. The minimum atomic E-state index is -0.746. The smallest absolute Gasteiger partial charge is 0.341 e. The van der Waals surface area contributed by atoms with E-state index in [9.17, 15) is 23.1 Å². The molecule has 1 atom stereocenters. The van der Waals surface area contributed by atoms with Crippen LogP contribution < -0.4 is 4.74 Å². The van der Waals surface area contributed by atoms with E-state index in [4.69, 9.17) is 4.74 Å². The van der Waals surface area contributed by atoms with Gasteiger partial charge in [-0.15, -0.1) is 0 Å². The average Bonchev–Trinajstić information content (AvgIpc) is 3.41. The van der Waals surface area contributed by atoms with Crippen LogP contribution in [0.1, 0.15) is 29.4 Å². The molecule has 13 heteroatoms. The van der Waals surface area contributed by atoms with Crippen LogP contribution in [0.15, 0.2) is 29.5 Å². The van der Waals surface area contributed by atoms with E-state index >= 15 is 0 Å². The second-order valence-electron chi connectivity index (χ2n) is 8.86. The molecule has 5 rings (SSSR count). The molecule has 0 bridgehead atoms. The summed E-state index contributed by atoms with van der Waals surface area (Å²) in [5, 5.41) is 18.9. The van der Waals surface area contributed by atoms with E-state index in [2.05, 4.69) is 20.2 Å². The molecule has 0 saturated carbocycles. The van der Waals surface area contributed by atoms with Crippen molar-refractivity contribution < 1.29 is 27.8 Å². The molecule has 0 radical (unpaired) electrons. The summed E-state index contributed by atoms with van der Waals surface area (Å²) in [6, 6.07) is 2.05. The summed E-state index contributed by atoms with van der Waals surface area (Å²) in [6.45, 7) is 4.10. The van der Waals surface area contributed by atoms with Gasteiger partial charge in [-0.2, -0.15) is 19.6 Å². The Bertz CT molecular complexity index is 1350. The molecule has 2 aliphatic rings. The highest BCUT2D eigenvalue weighted by Crippen LogP contribution is 2.32. The Labute approximate surface area is 210 Å². The van der Waals surface area contributed by atoms with Gasteiger partial charge in [-0.3, -0.25) is 4.68 Å². The summed E-state index contributed by atoms with van der Waals surface area (Å²) < 4.78 is 49.2. The van der Waals surface area contributed by atoms with Crippen molar-refractivity contribution in [2.75, 3.05) is 19.7 Å². The molecule has 2 amide bonds. The number of rotatable bonds is 6. The number of aromatic nitrogens is 4. The second-order valence-corrected chi connectivity index (χ2v) is 8.86. The lowest BCUT2D eigenvalue weighted by Crippen LogP contribution is -2.59. The number of benzene rings is 1. The summed E-state index contributed by atoms with van der Waals surface area (Å²) in [5.74, 6) is -2.22. The molecule has 2 aromatic heterocycles. The first kappa shape index (κ1) is 24.7. The van der Waals surface area contributed by atoms with Gasteiger partial charge in [0.05, 0.1) is 49.7 Å². The van der Waals surface area contributed by atoms with Crippen molar-refractivity contribution >= 4 is 12.2 Å². The Balaban J connectivity index is 1.26. The Hall–Kier alpha value is -4.00. The second kappa shape index (κ2) is 9.81. The molecule has 0 unspecified atom stereocenters. The van der Waals surface area contributed by atoms with E-state index in [1.54, 1.807) is 18.5 Å². The minimum absolute atomic E-state index is 0.0838. The lowest BCUT2D eigenvalue weighted by molar-refractivity contribution is 0.0230. The molecule has 1 saturated heterocycles. The van der Waals surface area contributed by atoms with Crippen LogP contribution in [0.5, 0.6) is 5.88 Å². The van der Waals surface area contributed by atoms with Crippen LogP contribution >= 0.6 is 0 Å². The Morgan fingerprint density at radius 1 is 1.16 bits per heavy atom. The van der Waals surface area contributed by atoms with E-state index in [1.807, 2.05) is 0 Å². The predicted octanol–water partition coefficient (Wildman–Crippen LogP) is 2.98. The molecule has 3 aromatic rings. The lowest BCUT2D eigenvalue weighted by Gasteiger charge is -2.40. The van der Waals surface area contributed by atoms with Crippen LogP contribution in [0.3, 0.4) is 0 Å². The van der Waals surface area contributed by atoms with Gasteiger partial charge in [-0.1, -0.05) is 0 Å². The van der Waals surface area contributed by atoms with E-state index < -0.39 is 35.6 Å². The topological polar surface area (TPSA) is 109 Å². The summed E-state index contributed by atoms with van der Waals surface area (Å²) in [5.41, 5.74) is 2.28. The summed E-state index contributed by atoms with van der Waals surface area (Å²) in [7, 11) is 0. The number of hydrazone groups is 1. The zero-order valence-electron chi connectivity index (χ0n) is 20.1. The van der Waals surface area contributed by atoms with E-state index in [0.717, 1.165) is 18.0 Å². The summed E-state index contributed by atoms with van der Waals surface area (Å²) in [4.78, 5) is 22.8. The minimum Gasteiger partial charge on any atom is -0.468 e. The van der Waals surface area contributed by atoms with E-state index in [1.165, 1.54) is 28.3 Å². The summed E-state index contributed by atoms with van der Waals surface area (Å²) >= 11 is 0. The third-order valence-electron chi connectivity index (χ3n) is 6.32. The van der Waals surface area contributed by atoms with Gasteiger partial charge < -0.3 is 14.7 Å². The number of halogens is 3. The number of carbonyl (C=O) groups is 1. The van der Waals surface area contributed by atoms with Crippen molar-refractivity contribution in [3.05, 3.63) is 58.8 Å². The molecule has 1 fully saturated rings. The van der Waals surface area contributed by atoms with Gasteiger partial charge in [-0.05, 0) is 31.5 Å². The molecule has 1 N–H and O–H groups in total. The van der Waals surface area contributed by atoms with Crippen molar-refractivity contribution in [2.24, 2.45) is 5.10 Å². The predicted molar refractivity (Wildman–Crippen MR) is 125 cm³/mol. The highest BCUT2D eigenvalue weighted by atomic mass is 19.1. The zero-order chi connectivity index (χ0) is 26.3. The number of aryl methyl sites for hydroxylation is 1. The van der Waals surface area contributed by atoms with E-state index in [0.29, 0.717) is 29.8 Å². The SMILES string of the molecule is Cc1nn(CCO)c(C)c1-c1ncc(F)c(OC2CN(C(=O)N3N=CC[C@H]3c3cc(F)cc(F)c3)C2)n1. The lowest BCUT2D eigenvalue weighted by atomic mass is 10.0. The van der Waals surface area contributed by atoms with Crippen LogP contribution in [0.2, 0.25) is 0 Å². The highest BCUT2D eigenvalue weighted by Gasteiger charge is 2.39. The number of likely N-dealkylation sites (tertiary alicyclic amines) is 1.